The molecule has 1 saturated heterocycles. The van der Waals surface area contributed by atoms with Gasteiger partial charge in [0.2, 0.25) is 0 Å². The molecule has 36 heavy (non-hydrogen) atoms. The molecule has 1 aliphatic heterocycles. The molecule has 3 aromatic carbocycles. The van der Waals surface area contributed by atoms with E-state index >= 15 is 0 Å². The molecular formula is C28H25NO5S2. The van der Waals surface area contributed by atoms with Crippen molar-refractivity contribution in [2.75, 3.05) is 19.8 Å². The molecule has 0 spiro atoms. The first-order valence-corrected chi connectivity index (χ1v) is 12.7. The largest absolute Gasteiger partial charge is 0.493 e. The van der Waals surface area contributed by atoms with Crippen molar-refractivity contribution in [3.05, 3.63) is 100 Å². The van der Waals surface area contributed by atoms with E-state index in [1.165, 1.54) is 5.56 Å². The van der Waals surface area contributed by atoms with E-state index in [-0.39, 0.29) is 4.32 Å². The molecule has 1 aliphatic rings. The van der Waals surface area contributed by atoms with E-state index in [4.69, 9.17) is 26.8 Å². The maximum absolute atomic E-state index is 12.8. The summed E-state index contributed by atoms with van der Waals surface area (Å²) in [4.78, 5) is 25.4. The average Bonchev–Trinajstić information content (AvgIpc) is 3.13. The quantitative estimate of drug-likeness (QED) is 0.275. The minimum absolute atomic E-state index is 0.218. The number of amides is 1. The van der Waals surface area contributed by atoms with Gasteiger partial charge in [-0.25, -0.2) is 0 Å². The lowest BCUT2D eigenvalue weighted by molar-refractivity contribution is -0.140. The summed E-state index contributed by atoms with van der Waals surface area (Å²) in [5.41, 5.74) is 3.01. The molecule has 0 aliphatic carbocycles. The van der Waals surface area contributed by atoms with Crippen LogP contribution in [0.25, 0.3) is 6.08 Å². The molecule has 8 heteroatoms. The van der Waals surface area contributed by atoms with Gasteiger partial charge in [0.15, 0.2) is 0 Å². The highest BCUT2D eigenvalue weighted by molar-refractivity contribution is 8.26. The number of ether oxygens (including phenoxy) is 2. The Bertz CT molecular complexity index is 1260. The molecule has 184 valence electrons. The summed E-state index contributed by atoms with van der Waals surface area (Å²) in [6.07, 6.45) is 3.18. The molecular weight excluding hydrogens is 494 g/mol. The zero-order chi connectivity index (χ0) is 25.3. The minimum atomic E-state index is -1.12. The number of carbonyl (C=O) groups excluding carboxylic acids is 1. The fraction of sp³-hybridized carbons (Fsp3) is 0.179. The second kappa shape index (κ2) is 12.4. The van der Waals surface area contributed by atoms with Gasteiger partial charge in [0.25, 0.3) is 5.91 Å². The predicted octanol–water partition coefficient (Wildman–Crippen LogP) is 5.22. The molecule has 1 N–H and O–H groups in total. The minimum Gasteiger partial charge on any atom is -0.493 e. The van der Waals surface area contributed by atoms with Crippen LogP contribution in [0.4, 0.5) is 0 Å². The number of hydrogen-bond acceptors (Lipinski definition) is 6. The lowest BCUT2D eigenvalue weighted by atomic mass is 10.1. The Hall–Kier alpha value is -3.62. The van der Waals surface area contributed by atoms with Gasteiger partial charge in [0.05, 0.1) is 18.1 Å². The number of rotatable bonds is 11. The van der Waals surface area contributed by atoms with Crippen molar-refractivity contribution >= 4 is 46.3 Å². The smallest absolute Gasteiger partial charge is 0.323 e. The molecule has 3 aromatic rings. The first-order chi connectivity index (χ1) is 17.5. The third kappa shape index (κ3) is 6.96. The number of aliphatic carboxylic acids is 1. The molecule has 1 heterocycles. The molecule has 6 nitrogen and oxygen atoms in total. The van der Waals surface area contributed by atoms with Crippen LogP contribution in [0.1, 0.15) is 16.7 Å². The monoisotopic (exact) mass is 519 g/mol. The zero-order valence-electron chi connectivity index (χ0n) is 19.5. The highest BCUT2D eigenvalue weighted by Crippen LogP contribution is 2.35. The van der Waals surface area contributed by atoms with Crippen molar-refractivity contribution in [2.24, 2.45) is 0 Å². The maximum atomic E-state index is 12.8. The number of carbonyl (C=O) groups is 2. The van der Waals surface area contributed by atoms with Gasteiger partial charge in [-0.15, -0.1) is 0 Å². The van der Waals surface area contributed by atoms with Crippen LogP contribution in [-0.4, -0.2) is 46.0 Å². The van der Waals surface area contributed by atoms with E-state index in [0.717, 1.165) is 35.1 Å². The van der Waals surface area contributed by atoms with E-state index in [1.54, 1.807) is 6.08 Å². The Balaban J connectivity index is 1.51. The van der Waals surface area contributed by atoms with Gasteiger partial charge >= 0.3 is 5.97 Å². The number of hydrogen-bond donors (Lipinski definition) is 1. The van der Waals surface area contributed by atoms with Crippen molar-refractivity contribution in [1.29, 1.82) is 0 Å². The van der Waals surface area contributed by atoms with E-state index in [2.05, 4.69) is 12.1 Å². The van der Waals surface area contributed by atoms with Crippen molar-refractivity contribution < 1.29 is 24.2 Å². The van der Waals surface area contributed by atoms with Gasteiger partial charge in [-0.3, -0.25) is 14.5 Å². The predicted molar refractivity (Wildman–Crippen MR) is 145 cm³/mol. The Morgan fingerprint density at radius 1 is 0.917 bits per heavy atom. The summed E-state index contributed by atoms with van der Waals surface area (Å²) in [5.74, 6) is -0.303. The van der Waals surface area contributed by atoms with Gasteiger partial charge in [-0.2, -0.15) is 0 Å². The molecule has 0 atom stereocenters. The normalized spacial score (nSPS) is 14.3. The number of carboxylic acid groups (broad SMARTS) is 1. The third-order valence-corrected chi connectivity index (χ3v) is 6.81. The maximum Gasteiger partial charge on any atom is 0.323 e. The second-order valence-corrected chi connectivity index (χ2v) is 9.71. The number of nitrogens with zero attached hydrogens (tertiary/aromatic N) is 1. The van der Waals surface area contributed by atoms with Crippen molar-refractivity contribution in [1.82, 2.24) is 4.90 Å². The molecule has 0 radical (unpaired) electrons. The van der Waals surface area contributed by atoms with Crippen LogP contribution in [0.2, 0.25) is 0 Å². The summed E-state index contributed by atoms with van der Waals surface area (Å²) in [7, 11) is 0. The fourth-order valence-electron chi connectivity index (χ4n) is 3.63. The van der Waals surface area contributed by atoms with Gasteiger partial charge < -0.3 is 14.6 Å². The molecule has 0 bridgehead atoms. The van der Waals surface area contributed by atoms with Gasteiger partial charge in [-0.1, -0.05) is 84.6 Å². The molecule has 0 unspecified atom stereocenters. The van der Waals surface area contributed by atoms with Crippen molar-refractivity contribution in [3.8, 4) is 11.5 Å². The molecule has 4 rings (SSSR count). The van der Waals surface area contributed by atoms with E-state index in [0.29, 0.717) is 35.2 Å². The van der Waals surface area contributed by atoms with Gasteiger partial charge in [0.1, 0.15) is 22.4 Å². The average molecular weight is 520 g/mol. The molecule has 1 amide bonds. The molecule has 1 fully saturated rings. The molecule has 0 saturated carbocycles. The number of benzene rings is 3. The molecule has 0 aromatic heterocycles. The van der Waals surface area contributed by atoms with Crippen LogP contribution in [-0.2, 0) is 22.4 Å². The van der Waals surface area contributed by atoms with Crippen LogP contribution in [0.3, 0.4) is 0 Å². The van der Waals surface area contributed by atoms with Crippen molar-refractivity contribution in [2.45, 2.75) is 12.8 Å². The second-order valence-electron chi connectivity index (χ2n) is 8.03. The number of carboxylic acids is 1. The zero-order valence-corrected chi connectivity index (χ0v) is 21.1. The Labute approximate surface area is 219 Å². The fourth-order valence-corrected chi connectivity index (χ4v) is 4.87. The highest BCUT2D eigenvalue weighted by atomic mass is 32.2. The lowest BCUT2D eigenvalue weighted by Crippen LogP contribution is -2.33. The van der Waals surface area contributed by atoms with Crippen LogP contribution < -0.4 is 9.47 Å². The summed E-state index contributed by atoms with van der Waals surface area (Å²) in [6, 6.07) is 25.6. The van der Waals surface area contributed by atoms with E-state index in [1.807, 2.05) is 66.7 Å². The highest BCUT2D eigenvalue weighted by Gasteiger charge is 2.33. The SMILES string of the molecule is O=C(O)CN1C(=O)/C(=C/c2cc(OCCc3ccccc3)ccc2OCCc2ccccc2)SC1=S. The topological polar surface area (TPSA) is 76.1 Å². The third-order valence-electron chi connectivity index (χ3n) is 5.43. The first kappa shape index (κ1) is 25.5. The van der Waals surface area contributed by atoms with Gasteiger partial charge in [-0.05, 0) is 35.4 Å². The van der Waals surface area contributed by atoms with Crippen LogP contribution in [0.15, 0.2) is 83.8 Å². The van der Waals surface area contributed by atoms with Crippen LogP contribution in [0.5, 0.6) is 11.5 Å². The van der Waals surface area contributed by atoms with Crippen molar-refractivity contribution in [3.63, 3.8) is 0 Å². The first-order valence-electron chi connectivity index (χ1n) is 11.4. The van der Waals surface area contributed by atoms with Crippen LogP contribution >= 0.6 is 24.0 Å². The number of thiocarbonyl (C=S) groups is 1. The Morgan fingerprint density at radius 3 is 2.14 bits per heavy atom. The summed E-state index contributed by atoms with van der Waals surface area (Å²) < 4.78 is 12.3. The summed E-state index contributed by atoms with van der Waals surface area (Å²) >= 11 is 6.30. The van der Waals surface area contributed by atoms with Gasteiger partial charge in [0, 0.05) is 18.4 Å². The van der Waals surface area contributed by atoms with Crippen LogP contribution in [0, 0.1) is 0 Å². The standard InChI is InChI=1S/C28H25NO5S2/c30-26(31)19-29-27(32)25(36-28(29)35)18-22-17-23(33-15-13-20-7-3-1-4-8-20)11-12-24(22)34-16-14-21-9-5-2-6-10-21/h1-12,17-18H,13-16,19H2,(H,30,31)/b25-18-. The Kier molecular flexibility index (Phi) is 8.76. The number of thioether (sulfide) groups is 1. The summed E-state index contributed by atoms with van der Waals surface area (Å²) in [6.45, 7) is 0.489. The lowest BCUT2D eigenvalue weighted by Gasteiger charge is -2.13. The summed E-state index contributed by atoms with van der Waals surface area (Å²) in [5, 5.41) is 9.10. The van der Waals surface area contributed by atoms with E-state index in [9.17, 15) is 9.59 Å². The Morgan fingerprint density at radius 2 is 1.53 bits per heavy atom. The van der Waals surface area contributed by atoms with E-state index < -0.39 is 18.4 Å².